The van der Waals surface area contributed by atoms with Gasteiger partial charge in [-0.15, -0.1) is 10.2 Å². The number of benzene rings is 1. The summed E-state index contributed by atoms with van der Waals surface area (Å²) in [5, 5.41) is 14.9. The SMILES string of the molecule is CCCNc1nnc(C(=O)Nc2cc(C)c(Br)c(C)c2)s1. The van der Waals surface area contributed by atoms with Gasteiger partial charge in [-0.1, -0.05) is 34.2 Å². The van der Waals surface area contributed by atoms with Crippen molar-refractivity contribution in [1.82, 2.24) is 10.2 Å². The molecule has 0 atom stereocenters. The molecule has 2 rings (SSSR count). The molecule has 0 aliphatic heterocycles. The Bertz CT molecular complexity index is 633. The molecule has 0 fully saturated rings. The minimum atomic E-state index is -0.238. The molecule has 7 heteroatoms. The summed E-state index contributed by atoms with van der Waals surface area (Å²) < 4.78 is 1.06. The zero-order chi connectivity index (χ0) is 15.4. The van der Waals surface area contributed by atoms with Gasteiger partial charge in [-0.2, -0.15) is 0 Å². The average Bonchev–Trinajstić information content (AvgIpc) is 2.91. The molecule has 0 aliphatic rings. The molecular formula is C14H17BrN4OS. The van der Waals surface area contributed by atoms with Crippen molar-refractivity contribution in [1.29, 1.82) is 0 Å². The van der Waals surface area contributed by atoms with Gasteiger partial charge >= 0.3 is 0 Å². The van der Waals surface area contributed by atoms with Gasteiger partial charge in [0.05, 0.1) is 0 Å². The van der Waals surface area contributed by atoms with Crippen LogP contribution < -0.4 is 10.6 Å². The van der Waals surface area contributed by atoms with Gasteiger partial charge in [-0.05, 0) is 43.5 Å². The summed E-state index contributed by atoms with van der Waals surface area (Å²) >= 11 is 4.77. The van der Waals surface area contributed by atoms with E-state index in [0.717, 1.165) is 34.3 Å². The third-order valence-electron chi connectivity index (χ3n) is 2.84. The highest BCUT2D eigenvalue weighted by Crippen LogP contribution is 2.25. The van der Waals surface area contributed by atoms with E-state index >= 15 is 0 Å². The normalized spacial score (nSPS) is 10.5. The maximum Gasteiger partial charge on any atom is 0.286 e. The van der Waals surface area contributed by atoms with Crippen LogP contribution in [-0.2, 0) is 0 Å². The number of aryl methyl sites for hydroxylation is 2. The van der Waals surface area contributed by atoms with Crippen LogP contribution in [0.3, 0.4) is 0 Å². The molecule has 0 saturated heterocycles. The molecule has 1 aromatic heterocycles. The predicted molar refractivity (Wildman–Crippen MR) is 90.3 cm³/mol. The second-order valence-electron chi connectivity index (χ2n) is 4.72. The van der Waals surface area contributed by atoms with Crippen LogP contribution >= 0.6 is 27.3 Å². The van der Waals surface area contributed by atoms with Crippen LogP contribution in [0.5, 0.6) is 0 Å². The van der Waals surface area contributed by atoms with Gasteiger partial charge in [-0.3, -0.25) is 4.79 Å². The summed E-state index contributed by atoms with van der Waals surface area (Å²) in [7, 11) is 0. The Balaban J connectivity index is 2.09. The number of nitrogens with zero attached hydrogens (tertiary/aromatic N) is 2. The third-order valence-corrected chi connectivity index (χ3v) is 4.97. The van der Waals surface area contributed by atoms with Gasteiger partial charge in [0.2, 0.25) is 10.1 Å². The number of carbonyl (C=O) groups excluding carboxylic acids is 1. The molecular weight excluding hydrogens is 352 g/mol. The van der Waals surface area contributed by atoms with E-state index in [4.69, 9.17) is 0 Å². The van der Waals surface area contributed by atoms with Gasteiger partial charge in [0, 0.05) is 16.7 Å². The van der Waals surface area contributed by atoms with E-state index in [-0.39, 0.29) is 5.91 Å². The fourth-order valence-corrected chi connectivity index (χ4v) is 2.71. The van der Waals surface area contributed by atoms with E-state index in [1.54, 1.807) is 0 Å². The summed E-state index contributed by atoms with van der Waals surface area (Å²) in [6.07, 6.45) is 0.999. The standard InChI is InChI=1S/C14H17BrN4OS/c1-4-5-16-14-19-18-13(21-14)12(20)17-10-6-8(2)11(15)9(3)7-10/h6-7H,4-5H2,1-3H3,(H,16,19)(H,17,20). The van der Waals surface area contributed by atoms with Gasteiger partial charge in [0.1, 0.15) is 0 Å². The summed E-state index contributed by atoms with van der Waals surface area (Å²) in [4.78, 5) is 12.2. The maximum atomic E-state index is 12.2. The lowest BCUT2D eigenvalue weighted by molar-refractivity contribution is 0.102. The van der Waals surface area contributed by atoms with E-state index in [9.17, 15) is 4.79 Å². The van der Waals surface area contributed by atoms with Gasteiger partial charge < -0.3 is 10.6 Å². The Morgan fingerprint density at radius 2 is 1.95 bits per heavy atom. The maximum absolute atomic E-state index is 12.2. The summed E-state index contributed by atoms with van der Waals surface area (Å²) in [6, 6.07) is 3.85. The smallest absolute Gasteiger partial charge is 0.286 e. The van der Waals surface area contributed by atoms with E-state index in [1.165, 1.54) is 11.3 Å². The van der Waals surface area contributed by atoms with E-state index in [0.29, 0.717) is 10.1 Å². The number of carbonyl (C=O) groups is 1. The zero-order valence-electron chi connectivity index (χ0n) is 12.2. The van der Waals surface area contributed by atoms with E-state index in [2.05, 4.69) is 43.7 Å². The van der Waals surface area contributed by atoms with Crippen LogP contribution in [0.15, 0.2) is 16.6 Å². The van der Waals surface area contributed by atoms with Crippen molar-refractivity contribution in [3.8, 4) is 0 Å². The van der Waals surface area contributed by atoms with Crippen LogP contribution in [0.4, 0.5) is 10.8 Å². The summed E-state index contributed by atoms with van der Waals surface area (Å²) in [5.74, 6) is -0.238. The zero-order valence-corrected chi connectivity index (χ0v) is 14.6. The minimum absolute atomic E-state index is 0.238. The van der Waals surface area contributed by atoms with E-state index in [1.807, 2.05) is 26.0 Å². The van der Waals surface area contributed by atoms with Crippen molar-refractivity contribution in [2.24, 2.45) is 0 Å². The van der Waals surface area contributed by atoms with Crippen molar-refractivity contribution in [3.63, 3.8) is 0 Å². The molecule has 5 nitrogen and oxygen atoms in total. The Labute approximate surface area is 136 Å². The molecule has 2 N–H and O–H groups in total. The van der Waals surface area contributed by atoms with Gasteiger partial charge in [0.15, 0.2) is 0 Å². The first kappa shape index (κ1) is 15.9. The van der Waals surface area contributed by atoms with Crippen LogP contribution in [-0.4, -0.2) is 22.6 Å². The second kappa shape index (κ2) is 7.00. The molecule has 1 amide bonds. The first-order valence-electron chi connectivity index (χ1n) is 6.66. The fourth-order valence-electron chi connectivity index (χ4n) is 1.82. The van der Waals surface area contributed by atoms with Crippen molar-refractivity contribution < 1.29 is 4.79 Å². The molecule has 2 aromatic rings. The van der Waals surface area contributed by atoms with Crippen LogP contribution in [0.1, 0.15) is 34.3 Å². The van der Waals surface area contributed by atoms with Crippen LogP contribution in [0.2, 0.25) is 0 Å². The molecule has 21 heavy (non-hydrogen) atoms. The second-order valence-corrected chi connectivity index (χ2v) is 6.49. The van der Waals surface area contributed by atoms with Crippen molar-refractivity contribution in [3.05, 3.63) is 32.7 Å². The van der Waals surface area contributed by atoms with E-state index < -0.39 is 0 Å². The number of hydrogen-bond acceptors (Lipinski definition) is 5. The quantitative estimate of drug-likeness (QED) is 0.836. The third kappa shape index (κ3) is 4.01. The average molecular weight is 369 g/mol. The van der Waals surface area contributed by atoms with Gasteiger partial charge in [-0.25, -0.2) is 0 Å². The Hall–Kier alpha value is -1.47. The number of aromatic nitrogens is 2. The molecule has 1 heterocycles. The first-order chi connectivity index (χ1) is 10.0. The lowest BCUT2D eigenvalue weighted by atomic mass is 10.1. The highest BCUT2D eigenvalue weighted by Gasteiger charge is 2.13. The summed E-state index contributed by atoms with van der Waals surface area (Å²) in [5.41, 5.74) is 2.91. The fraction of sp³-hybridized carbons (Fsp3) is 0.357. The molecule has 0 bridgehead atoms. The number of halogens is 1. The van der Waals surface area contributed by atoms with Crippen molar-refractivity contribution in [2.75, 3.05) is 17.2 Å². The minimum Gasteiger partial charge on any atom is -0.360 e. The lowest BCUT2D eigenvalue weighted by Crippen LogP contribution is -2.12. The van der Waals surface area contributed by atoms with Crippen molar-refractivity contribution >= 4 is 44.0 Å². The molecule has 0 unspecified atom stereocenters. The highest BCUT2D eigenvalue weighted by atomic mass is 79.9. The Kier molecular flexibility index (Phi) is 5.30. The molecule has 0 radical (unpaired) electrons. The molecule has 0 spiro atoms. The van der Waals surface area contributed by atoms with Crippen LogP contribution in [0.25, 0.3) is 0 Å². The molecule has 1 aromatic carbocycles. The summed E-state index contributed by atoms with van der Waals surface area (Å²) in [6.45, 7) is 6.87. The molecule has 112 valence electrons. The highest BCUT2D eigenvalue weighted by molar-refractivity contribution is 9.10. The number of rotatable bonds is 5. The van der Waals surface area contributed by atoms with Crippen LogP contribution in [0, 0.1) is 13.8 Å². The number of nitrogens with one attached hydrogen (secondary N) is 2. The topological polar surface area (TPSA) is 66.9 Å². The molecule has 0 aliphatic carbocycles. The lowest BCUT2D eigenvalue weighted by Gasteiger charge is -2.08. The number of amides is 1. The Morgan fingerprint density at radius 1 is 1.29 bits per heavy atom. The largest absolute Gasteiger partial charge is 0.360 e. The monoisotopic (exact) mass is 368 g/mol. The number of anilines is 2. The molecule has 0 saturated carbocycles. The predicted octanol–water partition coefficient (Wildman–Crippen LogP) is 3.99. The Morgan fingerprint density at radius 3 is 2.57 bits per heavy atom. The van der Waals surface area contributed by atoms with Crippen molar-refractivity contribution in [2.45, 2.75) is 27.2 Å². The first-order valence-corrected chi connectivity index (χ1v) is 8.27. The number of hydrogen-bond donors (Lipinski definition) is 2. The van der Waals surface area contributed by atoms with Gasteiger partial charge in [0.25, 0.3) is 5.91 Å².